The molecule has 1 aromatic rings. The first kappa shape index (κ1) is 8.61. The van der Waals surface area contributed by atoms with Gasteiger partial charge in [0.25, 0.3) is 0 Å². The van der Waals surface area contributed by atoms with Gasteiger partial charge in [0.05, 0.1) is 0 Å². The molecule has 3 heteroatoms. The van der Waals surface area contributed by atoms with Crippen LogP contribution >= 0.6 is 23.7 Å². The zero-order chi connectivity index (χ0) is 5.11. The average Bonchev–Trinajstić information content (AvgIpc) is 2.14. The molecule has 0 unspecified atom stereocenters. The van der Waals surface area contributed by atoms with Crippen molar-refractivity contribution >= 4 is 23.7 Å². The maximum atomic E-state index is 2.21. The number of halogens is 1. The molecule has 0 fully saturated rings. The Labute approximate surface area is 69.4 Å². The van der Waals surface area contributed by atoms with E-state index in [1.165, 1.54) is 28.9 Å². The molecule has 0 nitrogen and oxygen atoms in total. The second-order valence-electron chi connectivity index (χ2n) is 1.38. The Morgan fingerprint density at radius 2 is 2.38 bits per heavy atom. The molecule has 0 atom stereocenters. The van der Waals surface area contributed by atoms with Gasteiger partial charge in [0, 0.05) is 0 Å². The summed E-state index contributed by atoms with van der Waals surface area (Å²) in [6.07, 6.45) is 0. The molecule has 1 rings (SSSR count). The second kappa shape index (κ2) is 4.49. The molecule has 0 aliphatic rings. The molecule has 1 heterocycles. The van der Waals surface area contributed by atoms with Crippen LogP contribution in [0.5, 0.6) is 0 Å². The molecule has 1 aromatic heterocycles. The normalized spacial score (nSPS) is 8.25. The van der Waals surface area contributed by atoms with Gasteiger partial charge in [-0.05, 0) is 0 Å². The van der Waals surface area contributed by atoms with Crippen molar-refractivity contribution in [1.82, 2.24) is 0 Å². The molecular formula is C5H6ClSZn. The summed E-state index contributed by atoms with van der Waals surface area (Å²) in [6.45, 7) is 0. The van der Waals surface area contributed by atoms with E-state index in [1.54, 1.807) is 11.3 Å². The summed E-state index contributed by atoms with van der Waals surface area (Å²) in [7, 11) is 0. The molecule has 8 heavy (non-hydrogen) atoms. The Bertz CT molecular complexity index is 127. The van der Waals surface area contributed by atoms with E-state index in [9.17, 15) is 0 Å². The Morgan fingerprint density at radius 3 is 2.62 bits per heavy atom. The van der Waals surface area contributed by atoms with Crippen molar-refractivity contribution in [3.05, 3.63) is 22.4 Å². The van der Waals surface area contributed by atoms with Gasteiger partial charge in [-0.3, -0.25) is 0 Å². The SMILES string of the molecule is Cl.[Zn][CH2]c1ccsc1. The summed E-state index contributed by atoms with van der Waals surface area (Å²) in [5, 5.41) is 5.64. The molecule has 0 radical (unpaired) electrons. The summed E-state index contributed by atoms with van der Waals surface area (Å²) >= 11 is 3.17. The van der Waals surface area contributed by atoms with Crippen molar-refractivity contribution in [3.8, 4) is 0 Å². The van der Waals surface area contributed by atoms with Crippen molar-refractivity contribution in [2.75, 3.05) is 0 Å². The minimum atomic E-state index is 0. The third-order valence-electron chi connectivity index (χ3n) is 0.869. The quantitative estimate of drug-likeness (QED) is 0.608. The van der Waals surface area contributed by atoms with Gasteiger partial charge in [-0.2, -0.15) is 0 Å². The molecule has 0 spiro atoms. The van der Waals surface area contributed by atoms with Gasteiger partial charge in [0.2, 0.25) is 0 Å². The predicted octanol–water partition coefficient (Wildman–Crippen LogP) is 2.22. The minimum absolute atomic E-state index is 0. The van der Waals surface area contributed by atoms with Crippen molar-refractivity contribution in [2.45, 2.75) is 5.02 Å². The monoisotopic (exact) mass is 197 g/mol. The fraction of sp³-hybridized carbons (Fsp3) is 0.200. The van der Waals surface area contributed by atoms with Gasteiger partial charge in [0.15, 0.2) is 0 Å². The van der Waals surface area contributed by atoms with Crippen molar-refractivity contribution in [3.63, 3.8) is 0 Å². The number of hydrogen-bond donors (Lipinski definition) is 0. The molecule has 0 aromatic carbocycles. The molecule has 41 valence electrons. The van der Waals surface area contributed by atoms with Gasteiger partial charge >= 0.3 is 57.0 Å². The van der Waals surface area contributed by atoms with Crippen LogP contribution in [0, 0.1) is 0 Å². The van der Waals surface area contributed by atoms with Crippen LogP contribution in [0.4, 0.5) is 0 Å². The molecule has 0 amide bonds. The molecule has 0 saturated carbocycles. The van der Waals surface area contributed by atoms with Crippen molar-refractivity contribution in [1.29, 1.82) is 0 Å². The summed E-state index contributed by atoms with van der Waals surface area (Å²) in [4.78, 5) is 0. The molecule has 0 bridgehead atoms. The van der Waals surface area contributed by atoms with E-state index in [1.807, 2.05) is 0 Å². The van der Waals surface area contributed by atoms with E-state index in [-0.39, 0.29) is 12.4 Å². The first-order valence-corrected chi connectivity index (χ1v) is 5.28. The number of hydrogen-bond acceptors (Lipinski definition) is 1. The zero-order valence-electron chi connectivity index (χ0n) is 4.46. The third-order valence-corrected chi connectivity index (χ3v) is 2.81. The fourth-order valence-electron chi connectivity index (χ4n) is 0.435. The topological polar surface area (TPSA) is 0 Å². The molecule has 0 aliphatic carbocycles. The molecule has 0 aliphatic heterocycles. The van der Waals surface area contributed by atoms with Gasteiger partial charge in [-0.25, -0.2) is 0 Å². The van der Waals surface area contributed by atoms with E-state index in [0.717, 1.165) is 0 Å². The van der Waals surface area contributed by atoms with Crippen LogP contribution in [0.2, 0.25) is 0 Å². The van der Waals surface area contributed by atoms with Crippen LogP contribution in [-0.4, -0.2) is 0 Å². The predicted molar refractivity (Wildman–Crippen MR) is 35.3 cm³/mol. The number of thiophene rings is 1. The Balaban J connectivity index is 0.000000490. The van der Waals surface area contributed by atoms with Crippen LogP contribution in [0.15, 0.2) is 16.8 Å². The van der Waals surface area contributed by atoms with Crippen molar-refractivity contribution in [2.24, 2.45) is 0 Å². The van der Waals surface area contributed by atoms with Crippen LogP contribution in [-0.2, 0) is 23.3 Å². The van der Waals surface area contributed by atoms with Crippen LogP contribution in [0.3, 0.4) is 0 Å². The van der Waals surface area contributed by atoms with E-state index in [2.05, 4.69) is 16.8 Å². The number of rotatable bonds is 1. The van der Waals surface area contributed by atoms with Crippen LogP contribution < -0.4 is 0 Å². The fourth-order valence-corrected chi connectivity index (χ4v) is 2.23. The summed E-state index contributed by atoms with van der Waals surface area (Å²) < 4.78 is 0. The standard InChI is InChI=1S/C5H5S.ClH.Zn/c1-5-2-3-6-4-5;;/h2-4H,1H2;1H;. The van der Waals surface area contributed by atoms with Gasteiger partial charge in [-0.1, -0.05) is 0 Å². The van der Waals surface area contributed by atoms with E-state index in [0.29, 0.717) is 0 Å². The summed E-state index contributed by atoms with van der Waals surface area (Å²) in [5.41, 5.74) is 1.50. The van der Waals surface area contributed by atoms with E-state index < -0.39 is 0 Å². The summed E-state index contributed by atoms with van der Waals surface area (Å²) in [6, 6.07) is 2.19. The van der Waals surface area contributed by atoms with Gasteiger partial charge in [-0.15, -0.1) is 12.4 Å². The zero-order valence-corrected chi connectivity index (χ0v) is 9.06. The average molecular weight is 199 g/mol. The summed E-state index contributed by atoms with van der Waals surface area (Å²) in [5.74, 6) is 0. The van der Waals surface area contributed by atoms with Gasteiger partial charge in [0.1, 0.15) is 0 Å². The third kappa shape index (κ3) is 2.25. The van der Waals surface area contributed by atoms with Crippen LogP contribution in [0.25, 0.3) is 0 Å². The van der Waals surface area contributed by atoms with E-state index in [4.69, 9.17) is 0 Å². The van der Waals surface area contributed by atoms with E-state index >= 15 is 0 Å². The molecular weight excluding hydrogens is 193 g/mol. The maximum absolute atomic E-state index is 2.21. The van der Waals surface area contributed by atoms with Crippen LogP contribution in [0.1, 0.15) is 5.56 Å². The Morgan fingerprint density at radius 1 is 1.62 bits per heavy atom. The van der Waals surface area contributed by atoms with Crippen molar-refractivity contribution < 1.29 is 18.3 Å². The molecule has 0 saturated heterocycles. The Hall–Kier alpha value is 0.613. The first-order chi connectivity index (χ1) is 3.43. The van der Waals surface area contributed by atoms with Gasteiger partial charge < -0.3 is 0 Å². The first-order valence-electron chi connectivity index (χ1n) is 2.24. The Kier molecular flexibility index (Phi) is 4.83. The molecule has 0 N–H and O–H groups in total. The second-order valence-corrected chi connectivity index (χ2v) is 3.21.